The van der Waals surface area contributed by atoms with Gasteiger partial charge in [-0.1, -0.05) is 0 Å². The summed E-state index contributed by atoms with van der Waals surface area (Å²) in [5.41, 5.74) is 5.45. The molecule has 0 aliphatic heterocycles. The van der Waals surface area contributed by atoms with Crippen molar-refractivity contribution in [2.75, 3.05) is 0 Å². The summed E-state index contributed by atoms with van der Waals surface area (Å²) < 4.78 is 0.917. The van der Waals surface area contributed by atoms with Crippen LogP contribution in [0.5, 0.6) is 0 Å². The summed E-state index contributed by atoms with van der Waals surface area (Å²) in [6.45, 7) is 0. The number of aromatic nitrogens is 1. The van der Waals surface area contributed by atoms with Crippen LogP contribution in [0.4, 0.5) is 0 Å². The van der Waals surface area contributed by atoms with Crippen LogP contribution in [0.3, 0.4) is 0 Å². The molecular formula is C7H6N2O2S. The number of nitrogens with two attached hydrogens (primary N) is 1. The van der Waals surface area contributed by atoms with E-state index in [1.165, 1.54) is 17.5 Å². The minimum atomic E-state index is -0.522. The molecule has 5 heteroatoms. The Kier molecular flexibility index (Phi) is 1.34. The summed E-state index contributed by atoms with van der Waals surface area (Å²) in [6.07, 6.45) is 1.32. The van der Waals surface area contributed by atoms with Crippen molar-refractivity contribution in [2.45, 2.75) is 0 Å². The van der Waals surface area contributed by atoms with Gasteiger partial charge in [0, 0.05) is 5.39 Å². The van der Waals surface area contributed by atoms with Gasteiger partial charge in [0.15, 0.2) is 0 Å². The van der Waals surface area contributed by atoms with Crippen molar-refractivity contribution in [3.8, 4) is 0 Å². The molecule has 4 nitrogen and oxygen atoms in total. The molecule has 2 heterocycles. The first-order valence-corrected chi connectivity index (χ1v) is 4.15. The van der Waals surface area contributed by atoms with E-state index < -0.39 is 5.91 Å². The Morgan fingerprint density at radius 1 is 1.67 bits per heavy atom. The molecule has 2 aromatic rings. The van der Waals surface area contributed by atoms with Gasteiger partial charge in [0.2, 0.25) is 0 Å². The molecule has 0 aliphatic carbocycles. The number of hydrogen-bond acceptors (Lipinski definition) is 3. The normalized spacial score (nSPS) is 10.7. The standard InChI is InChI=1S/C7H6N2O2S/c8-6(10)5-3-9(11)7-4(5)1-2-12-7/h1-3,11H,(H2,8,10). The van der Waals surface area contributed by atoms with E-state index in [2.05, 4.69) is 0 Å². The smallest absolute Gasteiger partial charge is 0.251 e. The Balaban J connectivity index is 2.83. The predicted octanol–water partition coefficient (Wildman–Crippen LogP) is 1.04. The maximum atomic E-state index is 10.8. The lowest BCUT2D eigenvalue weighted by atomic mass is 10.2. The molecule has 2 rings (SSSR count). The highest BCUT2D eigenvalue weighted by Crippen LogP contribution is 2.24. The highest BCUT2D eigenvalue weighted by molar-refractivity contribution is 7.16. The van der Waals surface area contributed by atoms with Crippen molar-refractivity contribution in [1.82, 2.24) is 4.73 Å². The lowest BCUT2D eigenvalue weighted by molar-refractivity contribution is 0.0999. The fraction of sp³-hybridized carbons (Fsp3) is 0. The van der Waals surface area contributed by atoms with Gasteiger partial charge in [-0.2, -0.15) is 4.73 Å². The molecule has 0 saturated carbocycles. The van der Waals surface area contributed by atoms with Crippen LogP contribution in [-0.4, -0.2) is 15.8 Å². The molecule has 0 atom stereocenters. The zero-order valence-corrected chi connectivity index (χ0v) is 6.84. The summed E-state index contributed by atoms with van der Waals surface area (Å²) in [5, 5.41) is 11.7. The van der Waals surface area contributed by atoms with Crippen molar-refractivity contribution in [3.05, 3.63) is 23.2 Å². The average Bonchev–Trinajstić information content (AvgIpc) is 2.53. The molecule has 12 heavy (non-hydrogen) atoms. The van der Waals surface area contributed by atoms with E-state index in [-0.39, 0.29) is 0 Å². The van der Waals surface area contributed by atoms with Gasteiger partial charge >= 0.3 is 0 Å². The topological polar surface area (TPSA) is 68.2 Å². The number of amides is 1. The van der Waals surface area contributed by atoms with Crippen LogP contribution in [0.15, 0.2) is 17.6 Å². The van der Waals surface area contributed by atoms with Gasteiger partial charge in [0.05, 0.1) is 11.8 Å². The largest absolute Gasteiger partial charge is 0.428 e. The SMILES string of the molecule is NC(=O)c1cn(O)c2sccc12. The number of hydrogen-bond donors (Lipinski definition) is 2. The van der Waals surface area contributed by atoms with Gasteiger partial charge in [-0.25, -0.2) is 0 Å². The second-order valence-electron chi connectivity index (χ2n) is 2.39. The van der Waals surface area contributed by atoms with E-state index in [9.17, 15) is 10.0 Å². The molecule has 0 saturated heterocycles. The van der Waals surface area contributed by atoms with Crippen molar-refractivity contribution in [1.29, 1.82) is 0 Å². The molecule has 0 bridgehead atoms. The summed E-state index contributed by atoms with van der Waals surface area (Å²) in [5.74, 6) is -0.522. The molecule has 0 aliphatic rings. The lowest BCUT2D eigenvalue weighted by Gasteiger charge is -1.86. The van der Waals surface area contributed by atoms with Crippen molar-refractivity contribution in [2.24, 2.45) is 5.73 Å². The Morgan fingerprint density at radius 3 is 3.08 bits per heavy atom. The van der Waals surface area contributed by atoms with E-state index in [4.69, 9.17) is 5.73 Å². The Bertz CT molecular complexity index is 443. The van der Waals surface area contributed by atoms with E-state index in [0.717, 1.165) is 4.73 Å². The van der Waals surface area contributed by atoms with E-state index in [1.54, 1.807) is 11.4 Å². The summed E-state index contributed by atoms with van der Waals surface area (Å²) in [4.78, 5) is 11.5. The maximum absolute atomic E-state index is 10.8. The lowest BCUT2D eigenvalue weighted by Crippen LogP contribution is -2.09. The van der Waals surface area contributed by atoms with Crippen molar-refractivity contribution in [3.63, 3.8) is 0 Å². The average molecular weight is 182 g/mol. The second kappa shape index (κ2) is 2.25. The first-order chi connectivity index (χ1) is 5.70. The molecular weight excluding hydrogens is 176 g/mol. The minimum Gasteiger partial charge on any atom is -0.428 e. The zero-order chi connectivity index (χ0) is 8.72. The number of thiophene rings is 1. The van der Waals surface area contributed by atoms with Gasteiger partial charge in [-0.05, 0) is 11.4 Å². The Morgan fingerprint density at radius 2 is 2.42 bits per heavy atom. The molecule has 1 amide bonds. The van der Waals surface area contributed by atoms with Gasteiger partial charge in [0.1, 0.15) is 4.83 Å². The first kappa shape index (κ1) is 7.17. The third-order valence-electron chi connectivity index (χ3n) is 1.66. The quantitative estimate of drug-likeness (QED) is 0.647. The fourth-order valence-corrected chi connectivity index (χ4v) is 1.93. The predicted molar refractivity (Wildman–Crippen MR) is 45.5 cm³/mol. The van der Waals surface area contributed by atoms with Crippen molar-refractivity contribution < 1.29 is 10.0 Å². The molecule has 3 N–H and O–H groups in total. The highest BCUT2D eigenvalue weighted by atomic mass is 32.1. The molecule has 0 radical (unpaired) electrons. The first-order valence-electron chi connectivity index (χ1n) is 3.28. The number of fused-ring (bicyclic) bond motifs is 1. The van der Waals surface area contributed by atoms with Gasteiger partial charge < -0.3 is 10.9 Å². The van der Waals surface area contributed by atoms with Gasteiger partial charge in [-0.15, -0.1) is 11.3 Å². The monoisotopic (exact) mass is 182 g/mol. The molecule has 0 unspecified atom stereocenters. The van der Waals surface area contributed by atoms with E-state index in [0.29, 0.717) is 15.8 Å². The number of nitrogens with zero attached hydrogens (tertiary/aromatic N) is 1. The van der Waals surface area contributed by atoms with Crippen LogP contribution in [0, 0.1) is 0 Å². The number of rotatable bonds is 1. The third kappa shape index (κ3) is 0.799. The number of carbonyl (C=O) groups excluding carboxylic acids is 1. The number of carbonyl (C=O) groups is 1. The second-order valence-corrected chi connectivity index (χ2v) is 3.29. The minimum absolute atomic E-state index is 0.355. The van der Waals surface area contributed by atoms with Gasteiger partial charge in [-0.3, -0.25) is 4.79 Å². The molecule has 0 fully saturated rings. The van der Waals surface area contributed by atoms with Crippen LogP contribution in [0.2, 0.25) is 0 Å². The Hall–Kier alpha value is -1.49. The highest BCUT2D eigenvalue weighted by Gasteiger charge is 2.12. The molecule has 62 valence electrons. The molecule has 2 aromatic heterocycles. The van der Waals surface area contributed by atoms with E-state index >= 15 is 0 Å². The van der Waals surface area contributed by atoms with Crippen LogP contribution in [0.1, 0.15) is 10.4 Å². The molecule has 0 spiro atoms. The Labute approximate surface area is 71.8 Å². The van der Waals surface area contributed by atoms with Crippen LogP contribution < -0.4 is 5.73 Å². The summed E-state index contributed by atoms with van der Waals surface area (Å²) in [7, 11) is 0. The van der Waals surface area contributed by atoms with Crippen LogP contribution >= 0.6 is 11.3 Å². The van der Waals surface area contributed by atoms with Crippen molar-refractivity contribution >= 4 is 27.5 Å². The zero-order valence-electron chi connectivity index (χ0n) is 6.02. The molecule has 0 aromatic carbocycles. The third-order valence-corrected chi connectivity index (χ3v) is 2.56. The number of primary amides is 1. The summed E-state index contributed by atoms with van der Waals surface area (Å²) in [6, 6.07) is 1.76. The van der Waals surface area contributed by atoms with Crippen LogP contribution in [0.25, 0.3) is 10.2 Å². The summed E-state index contributed by atoms with van der Waals surface area (Å²) >= 11 is 1.36. The van der Waals surface area contributed by atoms with E-state index in [1.807, 2.05) is 0 Å². The fourth-order valence-electron chi connectivity index (χ4n) is 1.13. The van der Waals surface area contributed by atoms with Crippen LogP contribution in [-0.2, 0) is 0 Å². The maximum Gasteiger partial charge on any atom is 0.251 e. The van der Waals surface area contributed by atoms with Gasteiger partial charge in [0.25, 0.3) is 5.91 Å².